The Morgan fingerprint density at radius 3 is 2.60 bits per heavy atom. The summed E-state index contributed by atoms with van der Waals surface area (Å²) in [6.45, 7) is 12.1. The molecule has 1 atom stereocenters. The molecule has 0 spiro atoms. The molecule has 0 aromatic carbocycles. The molecule has 1 rings (SSSR count). The molecule has 1 aliphatic heterocycles. The summed E-state index contributed by atoms with van der Waals surface area (Å²) in [5.41, 5.74) is 1.72. The lowest BCUT2D eigenvalue weighted by Gasteiger charge is -2.21. The third-order valence-electron chi connectivity index (χ3n) is 2.78. The SMILES string of the molecule is C=C(C=C(C=N)C(=CC)OC(C)C)C1SC(C)=CN1C. The maximum Gasteiger partial charge on any atom is 0.124 e. The van der Waals surface area contributed by atoms with E-state index in [0.29, 0.717) is 0 Å². The summed E-state index contributed by atoms with van der Waals surface area (Å²) in [5, 5.41) is 7.80. The van der Waals surface area contributed by atoms with Crippen LogP contribution in [0, 0.1) is 5.41 Å². The number of hydrogen-bond acceptors (Lipinski definition) is 4. The van der Waals surface area contributed by atoms with Crippen molar-refractivity contribution in [2.75, 3.05) is 7.05 Å². The minimum atomic E-state index is 0.0882. The van der Waals surface area contributed by atoms with E-state index in [0.717, 1.165) is 16.9 Å². The third kappa shape index (κ3) is 4.30. The van der Waals surface area contributed by atoms with Gasteiger partial charge in [0.05, 0.1) is 6.10 Å². The van der Waals surface area contributed by atoms with Gasteiger partial charge < -0.3 is 15.0 Å². The second-order valence-electron chi connectivity index (χ2n) is 5.01. The Morgan fingerprint density at radius 2 is 2.20 bits per heavy atom. The van der Waals surface area contributed by atoms with Crippen LogP contribution in [0.25, 0.3) is 0 Å². The first-order valence-electron chi connectivity index (χ1n) is 6.70. The van der Waals surface area contributed by atoms with Gasteiger partial charge in [-0.1, -0.05) is 18.3 Å². The molecule has 1 heterocycles. The highest BCUT2D eigenvalue weighted by Gasteiger charge is 2.22. The van der Waals surface area contributed by atoms with Crippen LogP contribution in [-0.4, -0.2) is 29.6 Å². The molecule has 110 valence electrons. The molecule has 1 N–H and O–H groups in total. The molecule has 3 nitrogen and oxygen atoms in total. The molecule has 0 fully saturated rings. The largest absolute Gasteiger partial charge is 0.491 e. The van der Waals surface area contributed by atoms with Crippen LogP contribution in [0.15, 0.2) is 46.7 Å². The van der Waals surface area contributed by atoms with Gasteiger partial charge in [0, 0.05) is 29.9 Å². The van der Waals surface area contributed by atoms with E-state index in [1.165, 1.54) is 11.1 Å². The van der Waals surface area contributed by atoms with Crippen molar-refractivity contribution < 1.29 is 4.74 Å². The summed E-state index contributed by atoms with van der Waals surface area (Å²) in [6.07, 6.45) is 7.35. The van der Waals surface area contributed by atoms with Crippen LogP contribution in [-0.2, 0) is 4.74 Å². The monoisotopic (exact) mass is 292 g/mol. The van der Waals surface area contributed by atoms with E-state index in [4.69, 9.17) is 10.1 Å². The van der Waals surface area contributed by atoms with Crippen molar-refractivity contribution in [3.05, 3.63) is 46.7 Å². The number of thioether (sulfide) groups is 1. The van der Waals surface area contributed by atoms with Crippen molar-refractivity contribution >= 4 is 18.0 Å². The van der Waals surface area contributed by atoms with Gasteiger partial charge in [0.2, 0.25) is 0 Å². The van der Waals surface area contributed by atoms with Crippen LogP contribution in [0.4, 0.5) is 0 Å². The van der Waals surface area contributed by atoms with Crippen LogP contribution < -0.4 is 0 Å². The highest BCUT2D eigenvalue weighted by atomic mass is 32.2. The van der Waals surface area contributed by atoms with Gasteiger partial charge in [-0.2, -0.15) is 0 Å². The van der Waals surface area contributed by atoms with Crippen molar-refractivity contribution in [2.45, 2.75) is 39.2 Å². The maximum atomic E-state index is 7.60. The Labute approximate surface area is 126 Å². The summed E-state index contributed by atoms with van der Waals surface area (Å²) in [4.78, 5) is 3.41. The molecule has 0 saturated heterocycles. The molecule has 1 unspecified atom stereocenters. The van der Waals surface area contributed by atoms with E-state index in [-0.39, 0.29) is 11.5 Å². The number of rotatable bonds is 6. The number of nitrogens with one attached hydrogen (secondary N) is 1. The molecule has 0 saturated carbocycles. The Balaban J connectivity index is 2.89. The lowest BCUT2D eigenvalue weighted by Crippen LogP contribution is -2.21. The Morgan fingerprint density at radius 1 is 1.55 bits per heavy atom. The zero-order chi connectivity index (χ0) is 15.3. The predicted molar refractivity (Wildman–Crippen MR) is 88.9 cm³/mol. The number of ether oxygens (including phenoxy) is 1. The molecule has 1 aliphatic rings. The number of hydrogen-bond donors (Lipinski definition) is 1. The van der Waals surface area contributed by atoms with E-state index in [2.05, 4.69) is 24.6 Å². The van der Waals surface area contributed by atoms with Crippen LogP contribution in [0.2, 0.25) is 0 Å². The molecule has 20 heavy (non-hydrogen) atoms. The summed E-state index contributed by atoms with van der Waals surface area (Å²) in [7, 11) is 2.04. The zero-order valence-corrected chi connectivity index (χ0v) is 13.8. The molecule has 0 bridgehead atoms. The fourth-order valence-electron chi connectivity index (χ4n) is 1.99. The van der Waals surface area contributed by atoms with E-state index < -0.39 is 0 Å². The zero-order valence-electron chi connectivity index (χ0n) is 12.9. The second-order valence-corrected chi connectivity index (χ2v) is 6.34. The highest BCUT2D eigenvalue weighted by molar-refractivity contribution is 8.04. The van der Waals surface area contributed by atoms with Crippen LogP contribution in [0.1, 0.15) is 27.7 Å². The van der Waals surface area contributed by atoms with Gasteiger partial charge in [-0.25, -0.2) is 0 Å². The van der Waals surface area contributed by atoms with Crippen LogP contribution >= 0.6 is 11.8 Å². The lowest BCUT2D eigenvalue weighted by atomic mass is 10.1. The van der Waals surface area contributed by atoms with Crippen LogP contribution in [0.5, 0.6) is 0 Å². The third-order valence-corrected chi connectivity index (χ3v) is 4.11. The maximum absolute atomic E-state index is 7.60. The molecule has 0 amide bonds. The first-order valence-corrected chi connectivity index (χ1v) is 7.58. The minimum Gasteiger partial charge on any atom is -0.491 e. The quantitative estimate of drug-likeness (QED) is 0.450. The van der Waals surface area contributed by atoms with Crippen molar-refractivity contribution in [3.8, 4) is 0 Å². The first kappa shape index (κ1) is 16.6. The van der Waals surface area contributed by atoms with Crippen molar-refractivity contribution in [3.63, 3.8) is 0 Å². The number of allylic oxidation sites excluding steroid dienone is 3. The fraction of sp³-hybridized carbons (Fsp3) is 0.438. The van der Waals surface area contributed by atoms with Gasteiger partial charge in [-0.15, -0.1) is 0 Å². The predicted octanol–water partition coefficient (Wildman–Crippen LogP) is 4.31. The van der Waals surface area contributed by atoms with Crippen molar-refractivity contribution in [2.24, 2.45) is 0 Å². The topological polar surface area (TPSA) is 36.3 Å². The molecular formula is C16H24N2OS. The Kier molecular flexibility index (Phi) is 6.14. The second kappa shape index (κ2) is 7.39. The van der Waals surface area contributed by atoms with E-state index >= 15 is 0 Å². The molecule has 0 aromatic rings. The van der Waals surface area contributed by atoms with Gasteiger partial charge in [-0.05, 0) is 45.4 Å². The van der Waals surface area contributed by atoms with Crippen molar-refractivity contribution in [1.82, 2.24) is 4.90 Å². The average molecular weight is 292 g/mol. The summed E-state index contributed by atoms with van der Waals surface area (Å²) in [6, 6.07) is 0. The molecule has 0 radical (unpaired) electrons. The summed E-state index contributed by atoms with van der Waals surface area (Å²) < 4.78 is 5.73. The lowest BCUT2D eigenvalue weighted by molar-refractivity contribution is 0.155. The standard InChI is InChI=1S/C16H24N2OS/c1-7-15(19-11(2)3)14(9-17)8-12(4)16-18(6)10-13(5)20-16/h7-11,16-17H,4H2,1-3,5-6H3. The van der Waals surface area contributed by atoms with E-state index in [1.54, 1.807) is 11.8 Å². The van der Waals surface area contributed by atoms with Crippen molar-refractivity contribution in [1.29, 1.82) is 5.41 Å². The number of nitrogens with zero attached hydrogens (tertiary/aromatic N) is 1. The summed E-state index contributed by atoms with van der Waals surface area (Å²) in [5.74, 6) is 0.728. The molecule has 4 heteroatoms. The van der Waals surface area contributed by atoms with Gasteiger partial charge in [-0.3, -0.25) is 0 Å². The van der Waals surface area contributed by atoms with Gasteiger partial charge in [0.15, 0.2) is 0 Å². The Bertz CT molecular complexity index is 475. The molecular weight excluding hydrogens is 268 g/mol. The van der Waals surface area contributed by atoms with Gasteiger partial charge >= 0.3 is 0 Å². The van der Waals surface area contributed by atoms with Gasteiger partial charge in [0.1, 0.15) is 11.1 Å². The molecule has 0 aromatic heterocycles. The Hall–Kier alpha value is -1.42. The fourth-order valence-corrected chi connectivity index (χ4v) is 3.02. The molecule has 0 aliphatic carbocycles. The van der Waals surface area contributed by atoms with Gasteiger partial charge in [0.25, 0.3) is 0 Å². The average Bonchev–Trinajstić information content (AvgIpc) is 2.72. The number of likely N-dealkylation sites (N-methyl/N-ethyl adjacent to an activating group) is 1. The normalized spacial score (nSPS) is 20.2. The highest BCUT2D eigenvalue weighted by Crippen LogP contribution is 2.35. The van der Waals surface area contributed by atoms with E-state index in [1.807, 2.05) is 40.0 Å². The van der Waals surface area contributed by atoms with E-state index in [9.17, 15) is 0 Å². The van der Waals surface area contributed by atoms with Crippen LogP contribution in [0.3, 0.4) is 0 Å². The first-order chi connectivity index (χ1) is 9.38. The minimum absolute atomic E-state index is 0.0882. The summed E-state index contributed by atoms with van der Waals surface area (Å²) >= 11 is 1.77. The smallest absolute Gasteiger partial charge is 0.124 e.